The summed E-state index contributed by atoms with van der Waals surface area (Å²) in [6.07, 6.45) is 7.52. The van der Waals surface area contributed by atoms with Crippen molar-refractivity contribution < 1.29 is 28.2 Å². The number of ether oxygens (including phenoxy) is 2. The number of aldehydes is 2. The van der Waals surface area contributed by atoms with Crippen LogP contribution in [0.25, 0.3) is 0 Å². The molecular formula is C11H10N2O4+2. The third-order valence-electron chi connectivity index (χ3n) is 2.89. The Morgan fingerprint density at radius 3 is 1.88 bits per heavy atom. The van der Waals surface area contributed by atoms with Gasteiger partial charge in [-0.25, -0.2) is 0 Å². The molecule has 0 atom stereocenters. The molecule has 86 valence electrons. The molecule has 0 N–H and O–H groups in total. The molecule has 0 aromatic rings. The van der Waals surface area contributed by atoms with Gasteiger partial charge in [-0.15, -0.1) is 0 Å². The molecular weight excluding hydrogens is 224 g/mol. The quantitative estimate of drug-likeness (QED) is 0.454. The predicted molar refractivity (Wildman–Crippen MR) is 55.6 cm³/mol. The van der Waals surface area contributed by atoms with Gasteiger partial charge in [0.15, 0.2) is 25.0 Å². The van der Waals surface area contributed by atoms with Gasteiger partial charge in [0.25, 0.3) is 0 Å². The lowest BCUT2D eigenvalue weighted by atomic mass is 10.3. The van der Waals surface area contributed by atoms with E-state index in [1.807, 2.05) is 0 Å². The molecule has 17 heavy (non-hydrogen) atoms. The second kappa shape index (κ2) is 3.38. The number of nitrogens with zero attached hydrogens (tertiary/aromatic N) is 2. The van der Waals surface area contributed by atoms with E-state index in [1.165, 1.54) is 12.5 Å². The smallest absolute Gasteiger partial charge is 0.348 e. The molecule has 6 heteroatoms. The summed E-state index contributed by atoms with van der Waals surface area (Å²) in [5.74, 6) is 0. The summed E-state index contributed by atoms with van der Waals surface area (Å²) in [6, 6.07) is -1.07. The number of allylic oxidation sites excluding steroid dienone is 2. The molecule has 3 aliphatic heterocycles. The van der Waals surface area contributed by atoms with Gasteiger partial charge in [0, 0.05) is 0 Å². The summed E-state index contributed by atoms with van der Waals surface area (Å²) in [4.78, 5) is 21.4. The highest BCUT2D eigenvalue weighted by atomic mass is 16.7. The molecule has 0 aromatic heterocycles. The van der Waals surface area contributed by atoms with Crippen molar-refractivity contribution in [1.29, 1.82) is 0 Å². The summed E-state index contributed by atoms with van der Waals surface area (Å²) in [7, 11) is 0. The highest BCUT2D eigenvalue weighted by Crippen LogP contribution is 2.28. The summed E-state index contributed by atoms with van der Waals surface area (Å²) in [5, 5.41) is 0. The van der Waals surface area contributed by atoms with Crippen LogP contribution in [0.4, 0.5) is 0 Å². The lowest BCUT2D eigenvalue weighted by Crippen LogP contribution is -2.52. The molecule has 0 saturated carbocycles. The molecule has 0 aliphatic carbocycles. The second-order valence-electron chi connectivity index (χ2n) is 3.90. The fourth-order valence-corrected chi connectivity index (χ4v) is 2.08. The van der Waals surface area contributed by atoms with E-state index in [0.717, 1.165) is 12.6 Å². The highest BCUT2D eigenvalue weighted by molar-refractivity contribution is 6.00. The largest absolute Gasteiger partial charge is 0.703 e. The Labute approximate surface area is 96.8 Å². The van der Waals surface area contributed by atoms with E-state index in [-0.39, 0.29) is 0 Å². The maximum atomic E-state index is 10.7. The average molecular weight is 234 g/mol. The molecule has 0 aromatic carbocycles. The molecule has 3 rings (SSSR count). The first-order chi connectivity index (χ1) is 8.28. The van der Waals surface area contributed by atoms with Gasteiger partial charge in [0.1, 0.15) is 23.7 Å². The molecule has 0 radical (unpaired) electrons. The third kappa shape index (κ3) is 1.27. The fraction of sp³-hybridized carbons (Fsp3) is 0.273. The second-order valence-corrected chi connectivity index (χ2v) is 3.90. The van der Waals surface area contributed by atoms with E-state index in [9.17, 15) is 9.59 Å². The van der Waals surface area contributed by atoms with Crippen molar-refractivity contribution in [3.63, 3.8) is 0 Å². The van der Waals surface area contributed by atoms with E-state index in [4.69, 9.17) is 9.47 Å². The van der Waals surface area contributed by atoms with Crippen LogP contribution in [-0.4, -0.2) is 53.3 Å². The maximum Gasteiger partial charge on any atom is 0.703 e. The van der Waals surface area contributed by atoms with Crippen LogP contribution in [0.3, 0.4) is 0 Å². The van der Waals surface area contributed by atoms with Crippen LogP contribution >= 0.6 is 0 Å². The summed E-state index contributed by atoms with van der Waals surface area (Å²) in [5.41, 5.74) is 0.900. The van der Waals surface area contributed by atoms with Crippen LogP contribution in [-0.2, 0) is 19.1 Å². The molecule has 1 fully saturated rings. The van der Waals surface area contributed by atoms with Crippen LogP contribution < -0.4 is 0 Å². The van der Waals surface area contributed by atoms with Gasteiger partial charge in [-0.1, -0.05) is 9.15 Å². The highest BCUT2D eigenvalue weighted by Gasteiger charge is 2.66. The zero-order valence-corrected chi connectivity index (χ0v) is 8.91. The van der Waals surface area contributed by atoms with Crippen molar-refractivity contribution in [1.82, 2.24) is 0 Å². The average Bonchev–Trinajstić information content (AvgIpc) is 2.75. The van der Waals surface area contributed by atoms with Gasteiger partial charge in [-0.3, -0.25) is 9.59 Å². The summed E-state index contributed by atoms with van der Waals surface area (Å²) >= 11 is 0. The van der Waals surface area contributed by atoms with E-state index in [2.05, 4.69) is 0 Å². The predicted octanol–water partition coefficient (Wildman–Crippen LogP) is -0.996. The van der Waals surface area contributed by atoms with E-state index >= 15 is 0 Å². The van der Waals surface area contributed by atoms with Crippen LogP contribution in [0, 0.1) is 0 Å². The van der Waals surface area contributed by atoms with E-state index in [1.54, 1.807) is 21.6 Å². The minimum Gasteiger partial charge on any atom is -0.348 e. The van der Waals surface area contributed by atoms with Crippen molar-refractivity contribution in [2.24, 2.45) is 0 Å². The molecule has 6 nitrogen and oxygen atoms in total. The van der Waals surface area contributed by atoms with Crippen LogP contribution in [0.15, 0.2) is 23.7 Å². The lowest BCUT2D eigenvalue weighted by molar-refractivity contribution is -0.868. The SMILES string of the molecule is O=CC1=COC23OC=C(C=O)C=[N+]2CC[N+]3=C1. The maximum absolute atomic E-state index is 10.7. The van der Waals surface area contributed by atoms with Gasteiger partial charge in [0.05, 0.1) is 0 Å². The van der Waals surface area contributed by atoms with E-state index in [0.29, 0.717) is 24.2 Å². The Hall–Kier alpha value is -2.24. The zero-order valence-electron chi connectivity index (χ0n) is 8.91. The molecule has 0 unspecified atom stereocenters. The standard InChI is InChI=1S/C11H10N2O4/c14-5-9-3-12-1-2-13-4-10(6-15)8-17-11(12,13)16-7-9/h3-8H,1-2H2/q+2. The first-order valence-corrected chi connectivity index (χ1v) is 5.18. The molecule has 0 bridgehead atoms. The monoisotopic (exact) mass is 234 g/mol. The number of carbonyl (C=O) groups is 2. The van der Waals surface area contributed by atoms with Crippen molar-refractivity contribution in [2.75, 3.05) is 13.1 Å². The van der Waals surface area contributed by atoms with Crippen molar-refractivity contribution in [2.45, 2.75) is 6.03 Å². The molecule has 3 heterocycles. The number of rotatable bonds is 2. The molecule has 3 aliphatic rings. The molecule has 1 spiro atoms. The lowest BCUT2D eigenvalue weighted by Gasteiger charge is -2.21. The van der Waals surface area contributed by atoms with Crippen molar-refractivity contribution in [3.8, 4) is 0 Å². The van der Waals surface area contributed by atoms with Crippen LogP contribution in [0.2, 0.25) is 0 Å². The Bertz CT molecular complexity index is 480. The first kappa shape index (κ1) is 9.95. The summed E-state index contributed by atoms with van der Waals surface area (Å²) < 4.78 is 14.6. The Morgan fingerprint density at radius 1 is 1.00 bits per heavy atom. The Kier molecular flexibility index (Phi) is 1.98. The minimum atomic E-state index is -1.07. The van der Waals surface area contributed by atoms with Crippen molar-refractivity contribution in [3.05, 3.63) is 23.7 Å². The van der Waals surface area contributed by atoms with Crippen molar-refractivity contribution >= 4 is 25.0 Å². The molecule has 1 saturated heterocycles. The van der Waals surface area contributed by atoms with Gasteiger partial charge in [-0.05, 0) is 0 Å². The number of hydrogen-bond acceptors (Lipinski definition) is 4. The third-order valence-corrected chi connectivity index (χ3v) is 2.89. The topological polar surface area (TPSA) is 58.6 Å². The number of hydrogen-bond donors (Lipinski definition) is 0. The normalized spacial score (nSPS) is 23.8. The van der Waals surface area contributed by atoms with Gasteiger partial charge >= 0.3 is 6.03 Å². The Morgan fingerprint density at radius 2 is 1.47 bits per heavy atom. The zero-order chi connectivity index (χ0) is 11.9. The van der Waals surface area contributed by atoms with Crippen LogP contribution in [0.5, 0.6) is 0 Å². The number of carbonyl (C=O) groups excluding carboxylic acids is 2. The van der Waals surface area contributed by atoms with Gasteiger partial charge in [-0.2, -0.15) is 0 Å². The van der Waals surface area contributed by atoms with Crippen LogP contribution in [0.1, 0.15) is 0 Å². The first-order valence-electron chi connectivity index (χ1n) is 5.18. The molecule has 0 amide bonds. The van der Waals surface area contributed by atoms with Gasteiger partial charge < -0.3 is 9.47 Å². The summed E-state index contributed by atoms with van der Waals surface area (Å²) in [6.45, 7) is 1.31. The van der Waals surface area contributed by atoms with E-state index < -0.39 is 6.03 Å². The minimum absolute atomic E-state index is 0.450. The Balaban J connectivity index is 2.02. The van der Waals surface area contributed by atoms with Gasteiger partial charge in [0.2, 0.25) is 13.1 Å². The fourth-order valence-electron chi connectivity index (χ4n) is 2.08.